The van der Waals surface area contributed by atoms with Crippen LogP contribution in [0.25, 0.3) is 15.8 Å². The number of nitrogens with two attached hydrogens (primary N) is 2. The van der Waals surface area contributed by atoms with E-state index >= 15 is 0 Å². The van der Waals surface area contributed by atoms with Crippen LogP contribution >= 0.6 is 11.9 Å². The summed E-state index contributed by atoms with van der Waals surface area (Å²) in [6.07, 6.45) is 0. The van der Waals surface area contributed by atoms with E-state index in [-0.39, 0.29) is 5.89 Å². The van der Waals surface area contributed by atoms with Crippen molar-refractivity contribution in [2.24, 2.45) is 10.9 Å². The highest BCUT2D eigenvalue weighted by molar-refractivity contribution is 8.06. The Labute approximate surface area is 102 Å². The highest BCUT2D eigenvalue weighted by Gasteiger charge is 2.11. The van der Waals surface area contributed by atoms with E-state index in [1.807, 2.05) is 0 Å². The van der Waals surface area contributed by atoms with Crippen molar-refractivity contribution in [1.82, 2.24) is 4.98 Å². The van der Waals surface area contributed by atoms with Gasteiger partial charge in [0.1, 0.15) is 4.91 Å². The van der Waals surface area contributed by atoms with Crippen LogP contribution in [0, 0.1) is 0 Å². The lowest BCUT2D eigenvalue weighted by atomic mass is 10.2. The van der Waals surface area contributed by atoms with Gasteiger partial charge in [-0.25, -0.2) is 9.78 Å². The highest BCUT2D eigenvalue weighted by Crippen LogP contribution is 2.23. The van der Waals surface area contributed by atoms with Gasteiger partial charge in [0, 0.05) is 5.70 Å². The lowest BCUT2D eigenvalue weighted by Gasteiger charge is -2.04. The number of para-hydroxylation sites is 1. The SMILES string of the molecule is C/C(N)=C(/SN)c1nc2ccccc2c(=O)o1. The Hall–Kier alpha value is -1.79. The quantitative estimate of drug-likeness (QED) is 0.782. The molecule has 2 aromatic rings. The van der Waals surface area contributed by atoms with Gasteiger partial charge in [0.2, 0.25) is 5.89 Å². The summed E-state index contributed by atoms with van der Waals surface area (Å²) in [6, 6.07) is 6.95. The summed E-state index contributed by atoms with van der Waals surface area (Å²) >= 11 is 0.908. The summed E-state index contributed by atoms with van der Waals surface area (Å²) in [4.78, 5) is 16.4. The van der Waals surface area contributed by atoms with E-state index in [4.69, 9.17) is 15.3 Å². The molecule has 17 heavy (non-hydrogen) atoms. The zero-order valence-corrected chi connectivity index (χ0v) is 9.95. The molecule has 4 N–H and O–H groups in total. The van der Waals surface area contributed by atoms with Crippen LogP contribution < -0.4 is 16.5 Å². The van der Waals surface area contributed by atoms with Crippen LogP contribution in [0.2, 0.25) is 0 Å². The molecule has 1 aromatic heterocycles. The van der Waals surface area contributed by atoms with Gasteiger partial charge in [0.15, 0.2) is 0 Å². The average Bonchev–Trinajstić information content (AvgIpc) is 2.29. The molecule has 0 bridgehead atoms. The smallest absolute Gasteiger partial charge is 0.347 e. The Morgan fingerprint density at radius 1 is 1.41 bits per heavy atom. The fourth-order valence-electron chi connectivity index (χ4n) is 1.43. The summed E-state index contributed by atoms with van der Waals surface area (Å²) < 4.78 is 5.10. The Kier molecular flexibility index (Phi) is 3.16. The molecule has 0 aliphatic rings. The van der Waals surface area contributed by atoms with Gasteiger partial charge in [-0.2, -0.15) is 0 Å². The van der Waals surface area contributed by atoms with E-state index in [0.717, 1.165) is 11.9 Å². The minimum Gasteiger partial charge on any atom is -0.402 e. The van der Waals surface area contributed by atoms with Gasteiger partial charge < -0.3 is 10.2 Å². The van der Waals surface area contributed by atoms with E-state index in [1.165, 1.54) is 0 Å². The molecule has 0 amide bonds. The van der Waals surface area contributed by atoms with Crippen molar-refractivity contribution in [3.63, 3.8) is 0 Å². The molecule has 0 saturated heterocycles. The molecule has 0 fully saturated rings. The minimum atomic E-state index is -0.446. The van der Waals surface area contributed by atoms with Crippen LogP contribution in [-0.4, -0.2) is 4.98 Å². The molecule has 0 atom stereocenters. The lowest BCUT2D eigenvalue weighted by molar-refractivity contribution is 0.489. The Morgan fingerprint density at radius 2 is 2.12 bits per heavy atom. The number of rotatable bonds is 2. The van der Waals surface area contributed by atoms with Crippen LogP contribution in [0.4, 0.5) is 0 Å². The topological polar surface area (TPSA) is 95.1 Å². The number of nitrogens with zero attached hydrogens (tertiary/aromatic N) is 1. The van der Waals surface area contributed by atoms with Crippen LogP contribution in [0.3, 0.4) is 0 Å². The fraction of sp³-hybridized carbons (Fsp3) is 0.0909. The fourth-order valence-corrected chi connectivity index (χ4v) is 1.80. The number of aromatic nitrogens is 1. The third kappa shape index (κ3) is 2.17. The van der Waals surface area contributed by atoms with Crippen molar-refractivity contribution in [2.45, 2.75) is 6.92 Å². The molecule has 0 aliphatic carbocycles. The van der Waals surface area contributed by atoms with Crippen LogP contribution in [0.5, 0.6) is 0 Å². The number of fused-ring (bicyclic) bond motifs is 1. The zero-order valence-electron chi connectivity index (χ0n) is 9.14. The monoisotopic (exact) mass is 249 g/mol. The zero-order chi connectivity index (χ0) is 12.4. The second-order valence-corrected chi connectivity index (χ2v) is 4.10. The van der Waals surface area contributed by atoms with E-state index in [1.54, 1.807) is 31.2 Å². The number of allylic oxidation sites excluding steroid dienone is 1. The summed E-state index contributed by atoms with van der Waals surface area (Å²) in [6.45, 7) is 1.67. The summed E-state index contributed by atoms with van der Waals surface area (Å²) in [5.74, 6) is 0.154. The third-order valence-corrected chi connectivity index (χ3v) is 2.94. The largest absolute Gasteiger partial charge is 0.402 e. The predicted octanol–water partition coefficient (Wildman–Crippen LogP) is 1.44. The third-order valence-electron chi connectivity index (χ3n) is 2.21. The molecule has 0 radical (unpaired) electrons. The van der Waals surface area contributed by atoms with Crippen molar-refractivity contribution in [3.05, 3.63) is 46.3 Å². The summed E-state index contributed by atoms with van der Waals surface area (Å²) in [7, 11) is 0. The van der Waals surface area contributed by atoms with Crippen molar-refractivity contribution in [1.29, 1.82) is 0 Å². The first-order valence-corrected chi connectivity index (χ1v) is 5.75. The molecular weight excluding hydrogens is 238 g/mol. The molecule has 1 heterocycles. The van der Waals surface area contributed by atoms with Crippen LogP contribution in [0.1, 0.15) is 12.8 Å². The average molecular weight is 249 g/mol. The molecule has 0 spiro atoms. The van der Waals surface area contributed by atoms with E-state index < -0.39 is 5.63 Å². The maximum Gasteiger partial charge on any atom is 0.347 e. The van der Waals surface area contributed by atoms with Gasteiger partial charge >= 0.3 is 5.63 Å². The molecular formula is C11H11N3O2S. The molecule has 0 unspecified atom stereocenters. The van der Waals surface area contributed by atoms with Crippen molar-refractivity contribution in [3.8, 4) is 0 Å². The standard InChI is InChI=1S/C11H11N3O2S/c1-6(12)9(17-13)10-14-8-5-3-2-4-7(8)11(15)16-10/h2-5H,12-13H2,1H3/b9-6-. The Morgan fingerprint density at radius 3 is 2.76 bits per heavy atom. The predicted molar refractivity (Wildman–Crippen MR) is 68.8 cm³/mol. The van der Waals surface area contributed by atoms with Crippen molar-refractivity contribution in [2.75, 3.05) is 0 Å². The molecule has 1 aromatic carbocycles. The molecule has 5 nitrogen and oxygen atoms in total. The van der Waals surface area contributed by atoms with E-state index in [9.17, 15) is 4.79 Å². The van der Waals surface area contributed by atoms with Crippen LogP contribution in [-0.2, 0) is 0 Å². The van der Waals surface area contributed by atoms with E-state index in [0.29, 0.717) is 21.5 Å². The Balaban J connectivity index is 2.74. The highest BCUT2D eigenvalue weighted by atomic mass is 32.2. The Bertz CT molecular complexity index is 644. The number of hydrogen-bond donors (Lipinski definition) is 2. The number of benzene rings is 1. The van der Waals surface area contributed by atoms with Crippen molar-refractivity contribution >= 4 is 27.8 Å². The molecule has 2 rings (SSSR count). The molecule has 0 saturated carbocycles. The van der Waals surface area contributed by atoms with Crippen molar-refractivity contribution < 1.29 is 4.42 Å². The lowest BCUT2D eigenvalue weighted by Crippen LogP contribution is -2.07. The minimum absolute atomic E-state index is 0.154. The second-order valence-electron chi connectivity index (χ2n) is 3.45. The summed E-state index contributed by atoms with van der Waals surface area (Å²) in [5, 5.41) is 5.91. The first-order valence-electron chi connectivity index (χ1n) is 4.87. The van der Waals surface area contributed by atoms with Gasteiger partial charge in [0.25, 0.3) is 0 Å². The molecule has 0 aliphatic heterocycles. The van der Waals surface area contributed by atoms with Gasteiger partial charge in [-0.3, -0.25) is 5.14 Å². The maximum absolute atomic E-state index is 11.7. The van der Waals surface area contributed by atoms with Gasteiger partial charge in [0.05, 0.1) is 10.9 Å². The van der Waals surface area contributed by atoms with Crippen LogP contribution in [0.15, 0.2) is 39.2 Å². The van der Waals surface area contributed by atoms with Gasteiger partial charge in [-0.1, -0.05) is 12.1 Å². The second kappa shape index (κ2) is 4.60. The maximum atomic E-state index is 11.7. The first-order chi connectivity index (χ1) is 8.13. The van der Waals surface area contributed by atoms with Gasteiger partial charge in [-0.15, -0.1) is 0 Å². The van der Waals surface area contributed by atoms with Gasteiger partial charge in [-0.05, 0) is 31.0 Å². The number of hydrogen-bond acceptors (Lipinski definition) is 6. The van der Waals surface area contributed by atoms with E-state index in [2.05, 4.69) is 4.98 Å². The summed E-state index contributed by atoms with van der Waals surface area (Å²) in [5.41, 5.74) is 6.23. The molecule has 88 valence electrons. The molecule has 6 heteroatoms. The first kappa shape index (κ1) is 11.7. The normalized spacial score (nSPS) is 12.6.